The number of hydrogen-bond acceptors (Lipinski definition) is 3. The van der Waals surface area contributed by atoms with Crippen LogP contribution in [0.5, 0.6) is 0 Å². The van der Waals surface area contributed by atoms with E-state index in [-0.39, 0.29) is 42.4 Å². The molecular weight excluding hydrogens is 432 g/mol. The molecule has 2 rings (SSSR count). The van der Waals surface area contributed by atoms with Crippen molar-refractivity contribution in [3.05, 3.63) is 34.6 Å². The fraction of sp³-hybridized carbons (Fsp3) is 0.579. The Labute approximate surface area is 209 Å². The third kappa shape index (κ3) is 7.14. The van der Waals surface area contributed by atoms with Gasteiger partial charge in [0.2, 0.25) is 5.91 Å². The summed E-state index contributed by atoms with van der Waals surface area (Å²) in [5, 5.41) is 0.547. The van der Waals surface area contributed by atoms with Gasteiger partial charge in [-0.1, -0.05) is 22.3 Å². The number of piperidine rings is 1. The number of carbonyl (C=O) groups is 2. The number of likely N-dealkylation sites (tertiary alicyclic amines) is 1. The van der Waals surface area contributed by atoms with E-state index < -0.39 is 39.0 Å². The molecule has 1 aromatic rings. The molecule has 14 heteroatoms. The quantitative estimate of drug-likeness (QED) is 0.542. The van der Waals surface area contributed by atoms with Crippen LogP contribution in [-0.2, 0) is 4.79 Å². The third-order valence-electron chi connectivity index (χ3n) is 5.75. The molecule has 1 heterocycles. The number of rotatable bonds is 7. The van der Waals surface area contributed by atoms with Gasteiger partial charge in [0.15, 0.2) is 0 Å². The van der Waals surface area contributed by atoms with Crippen molar-refractivity contribution in [3.8, 4) is 0 Å². The van der Waals surface area contributed by atoms with Gasteiger partial charge in [0.1, 0.15) is 5.82 Å². The Balaban J connectivity index is 2.05. The first-order valence-corrected chi connectivity index (χ1v) is 10.6. The molecule has 158 valence electrons. The summed E-state index contributed by atoms with van der Waals surface area (Å²) in [6, 6.07) is 3.50. The van der Waals surface area contributed by atoms with E-state index in [9.17, 15) is 14.0 Å². The van der Waals surface area contributed by atoms with E-state index in [1.54, 1.807) is 13.8 Å². The summed E-state index contributed by atoms with van der Waals surface area (Å²) in [4.78, 5) is 26.3. The average molecular weight is 453 g/mol. The van der Waals surface area contributed by atoms with Crippen LogP contribution in [0, 0.1) is 11.7 Å². The molecule has 2 amide bonds. The molecule has 5 nitrogen and oxygen atoms in total. The molecule has 2 N–H and O–H groups in total. The zero-order valence-electron chi connectivity index (χ0n) is 18.7. The highest BCUT2D eigenvalue weighted by molar-refractivity contribution is 6.60. The number of hydrogen-bond donors (Lipinski definition) is 2. The second-order valence-corrected chi connectivity index (χ2v) is 9.75. The van der Waals surface area contributed by atoms with E-state index in [4.69, 9.17) is 66.5 Å². The lowest BCUT2D eigenvalue weighted by Gasteiger charge is -2.57. The summed E-state index contributed by atoms with van der Waals surface area (Å²) in [5.74, 6) is -2.04. The summed E-state index contributed by atoms with van der Waals surface area (Å²) in [6.45, 7) is 2.88. The molecule has 0 aliphatic carbocycles. The van der Waals surface area contributed by atoms with E-state index in [0.717, 1.165) is 12.1 Å². The summed E-state index contributed by atoms with van der Waals surface area (Å²) in [5.41, 5.74) is -1.10. The van der Waals surface area contributed by atoms with Gasteiger partial charge in [-0.05, 0) is 50.8 Å². The Hall–Kier alpha value is -1.21. The van der Waals surface area contributed by atoms with Crippen LogP contribution in [0.3, 0.4) is 0 Å². The fourth-order valence-electron chi connectivity index (χ4n) is 3.71. The van der Waals surface area contributed by atoms with E-state index in [0.29, 0.717) is 0 Å². The maximum atomic E-state index is 13.5. The van der Waals surface area contributed by atoms with Gasteiger partial charge >= 0.3 is 0 Å². The monoisotopic (exact) mass is 453 g/mol. The predicted molar refractivity (Wildman–Crippen MR) is 134 cm³/mol. The minimum Gasteiger partial charge on any atom is -0.352 e. The largest absolute Gasteiger partial charge is 0.352 e. The van der Waals surface area contributed by atoms with Crippen molar-refractivity contribution in [3.63, 3.8) is 0 Å². The minimum absolute atomic E-state index is 0.0611. The Bertz CT molecular complexity index is 874. The summed E-state index contributed by atoms with van der Waals surface area (Å²) in [6.07, 6.45) is 0.303. The normalized spacial score (nSPS) is 19.0. The Kier molecular flexibility index (Phi) is 8.33. The van der Waals surface area contributed by atoms with E-state index in [1.807, 2.05) is 0 Å². The van der Waals surface area contributed by atoms with Crippen molar-refractivity contribution < 1.29 is 14.0 Å². The molecule has 1 aromatic carbocycles. The van der Waals surface area contributed by atoms with Crippen LogP contribution in [0.15, 0.2) is 18.2 Å². The highest BCUT2D eigenvalue weighted by Crippen LogP contribution is 2.36. The Morgan fingerprint density at radius 2 is 1.67 bits per heavy atom. The van der Waals surface area contributed by atoms with Crippen LogP contribution in [0.4, 0.5) is 4.39 Å². The maximum absolute atomic E-state index is 13.5. The predicted octanol–water partition coefficient (Wildman–Crippen LogP) is -0.623. The highest BCUT2D eigenvalue weighted by atomic mass is 35.5. The van der Waals surface area contributed by atoms with Gasteiger partial charge in [0, 0.05) is 22.7 Å². The third-order valence-corrected chi connectivity index (χ3v) is 5.97. The Morgan fingerprint density at radius 3 is 2.15 bits per heavy atom. The van der Waals surface area contributed by atoms with E-state index >= 15 is 0 Å². The number of carbonyl (C=O) groups excluding carboxylic acids is 2. The Morgan fingerprint density at radius 1 is 1.12 bits per heavy atom. The number of nitrogens with one attached hydrogen (secondary N) is 2. The van der Waals surface area contributed by atoms with E-state index in [1.165, 1.54) is 11.0 Å². The summed E-state index contributed by atoms with van der Waals surface area (Å²) >= 11 is 5.80. The van der Waals surface area contributed by atoms with Crippen molar-refractivity contribution >= 4 is 78.3 Å². The number of amides is 2. The number of halogens is 2. The van der Waals surface area contributed by atoms with Crippen molar-refractivity contribution in [1.82, 2.24) is 15.5 Å². The molecule has 14 radical (unpaired) electrons. The first-order valence-electron chi connectivity index (χ1n) is 10.2. The van der Waals surface area contributed by atoms with Crippen LogP contribution >= 0.6 is 11.6 Å². The van der Waals surface area contributed by atoms with Gasteiger partial charge < -0.3 is 15.5 Å². The van der Waals surface area contributed by atoms with Gasteiger partial charge in [0.25, 0.3) is 5.91 Å². The van der Waals surface area contributed by atoms with Crippen molar-refractivity contribution in [1.29, 1.82) is 0 Å². The standard InChI is InChI=1S/C19H20B7ClFN3O2/c1-16(2,19(24,25)26)30-14(32)9-31-17(20,21)6-10(7-18(31,22)23)8-29-15(33)11-3-12(27)5-13(28)4-11/h3-5,10H,6-9H2,1-2H3,(H,29,33)(H,30,32). The highest BCUT2D eigenvalue weighted by Gasteiger charge is 2.44. The first-order chi connectivity index (χ1) is 14.8. The average Bonchev–Trinajstić information content (AvgIpc) is 2.60. The molecule has 0 unspecified atom stereocenters. The lowest BCUT2D eigenvalue weighted by Crippen LogP contribution is -2.70. The number of nitrogens with zero attached hydrogens (tertiary/aromatic N) is 1. The SMILES string of the molecule is [B]C1([B])CC(CNC(=O)c2cc(F)cc(Cl)c2)CC([B])([B])N1CC(=O)NC(C)(C)C([B])([B])[B]. The summed E-state index contributed by atoms with van der Waals surface area (Å²) < 4.78 is 13.5. The first kappa shape index (κ1) is 28.0. The van der Waals surface area contributed by atoms with Crippen LogP contribution in [0.1, 0.15) is 37.0 Å². The number of benzene rings is 1. The van der Waals surface area contributed by atoms with Crippen LogP contribution in [-0.4, -0.2) is 101 Å². The lowest BCUT2D eigenvalue weighted by atomic mass is 9.36. The van der Waals surface area contributed by atoms with Crippen LogP contribution < -0.4 is 10.6 Å². The fourth-order valence-corrected chi connectivity index (χ4v) is 3.93. The molecule has 0 spiro atoms. The zero-order chi connectivity index (χ0) is 25.4. The molecule has 0 atom stereocenters. The topological polar surface area (TPSA) is 61.4 Å². The molecule has 1 fully saturated rings. The summed E-state index contributed by atoms with van der Waals surface area (Å²) in [7, 11) is 42.1. The van der Waals surface area contributed by atoms with Gasteiger partial charge in [-0.3, -0.25) is 9.59 Å². The van der Waals surface area contributed by atoms with Crippen molar-refractivity contribution in [2.45, 2.75) is 48.0 Å². The molecule has 33 heavy (non-hydrogen) atoms. The van der Waals surface area contributed by atoms with Gasteiger partial charge in [0.05, 0.1) is 61.5 Å². The van der Waals surface area contributed by atoms with E-state index in [2.05, 4.69) is 10.6 Å². The molecule has 0 aromatic heterocycles. The smallest absolute Gasteiger partial charge is 0.251 e. The minimum atomic E-state index is -1.69. The molecule has 1 saturated heterocycles. The van der Waals surface area contributed by atoms with Crippen molar-refractivity contribution in [2.75, 3.05) is 13.1 Å². The van der Waals surface area contributed by atoms with Gasteiger partial charge in [-0.15, -0.1) is 5.11 Å². The maximum Gasteiger partial charge on any atom is 0.251 e. The second-order valence-electron chi connectivity index (χ2n) is 9.32. The molecular formula is C19H20B7ClFN3O2. The zero-order valence-corrected chi connectivity index (χ0v) is 19.5. The van der Waals surface area contributed by atoms with Crippen LogP contribution in [0.2, 0.25) is 10.1 Å². The van der Waals surface area contributed by atoms with Gasteiger partial charge in [-0.2, -0.15) is 0 Å². The molecule has 0 saturated carbocycles. The van der Waals surface area contributed by atoms with Gasteiger partial charge in [-0.25, -0.2) is 4.39 Å². The lowest BCUT2D eigenvalue weighted by molar-refractivity contribution is -0.125. The van der Waals surface area contributed by atoms with Crippen LogP contribution in [0.25, 0.3) is 0 Å². The molecule has 0 bridgehead atoms. The molecule has 1 aliphatic heterocycles. The molecule has 1 aliphatic rings. The van der Waals surface area contributed by atoms with Crippen molar-refractivity contribution in [2.24, 2.45) is 5.92 Å². The second kappa shape index (κ2) is 9.81.